The van der Waals surface area contributed by atoms with Crippen molar-refractivity contribution >= 4 is 21.7 Å². The number of halogens is 1. The molecule has 0 aliphatic rings. The van der Waals surface area contributed by atoms with Gasteiger partial charge in [0.15, 0.2) is 0 Å². The molecule has 5 heteroatoms. The van der Waals surface area contributed by atoms with Crippen LogP contribution >= 0.6 is 15.9 Å². The van der Waals surface area contributed by atoms with E-state index in [1.165, 1.54) is 0 Å². The molecule has 2 aromatic heterocycles. The lowest BCUT2D eigenvalue weighted by molar-refractivity contribution is 0.102. The minimum Gasteiger partial charge on any atom is -0.285 e. The van der Waals surface area contributed by atoms with Crippen molar-refractivity contribution in [1.82, 2.24) is 14.8 Å². The van der Waals surface area contributed by atoms with Gasteiger partial charge in [-0.15, -0.1) is 0 Å². The summed E-state index contributed by atoms with van der Waals surface area (Å²) in [4.78, 5) is 16.4. The largest absolute Gasteiger partial charge is 0.285 e. The molecule has 0 aliphatic heterocycles. The standard InChI is InChI=1S/C12H12BrN3O/c1-2-8-16-10(5-7-15-16)12(17)11-9(13)4-3-6-14-11/h3-7H,2,8H2,1H3. The Morgan fingerprint density at radius 1 is 1.41 bits per heavy atom. The van der Waals surface area contributed by atoms with Crippen LogP contribution in [0.5, 0.6) is 0 Å². The Morgan fingerprint density at radius 3 is 2.94 bits per heavy atom. The first-order valence-electron chi connectivity index (χ1n) is 5.41. The minimum atomic E-state index is -0.108. The molecule has 88 valence electrons. The molecule has 0 spiro atoms. The van der Waals surface area contributed by atoms with Gasteiger partial charge in [0.25, 0.3) is 0 Å². The summed E-state index contributed by atoms with van der Waals surface area (Å²) < 4.78 is 2.41. The molecular weight excluding hydrogens is 282 g/mol. The number of nitrogens with zero attached hydrogens (tertiary/aromatic N) is 3. The Morgan fingerprint density at radius 2 is 2.24 bits per heavy atom. The van der Waals surface area contributed by atoms with Crippen molar-refractivity contribution in [3.63, 3.8) is 0 Å². The van der Waals surface area contributed by atoms with Crippen LogP contribution in [0, 0.1) is 0 Å². The fourth-order valence-corrected chi connectivity index (χ4v) is 2.02. The predicted octanol–water partition coefficient (Wildman–Crippen LogP) is 2.68. The molecule has 0 atom stereocenters. The van der Waals surface area contributed by atoms with Gasteiger partial charge < -0.3 is 0 Å². The topological polar surface area (TPSA) is 47.8 Å². The Balaban J connectivity index is 2.37. The van der Waals surface area contributed by atoms with Crippen LogP contribution in [0.3, 0.4) is 0 Å². The zero-order valence-corrected chi connectivity index (χ0v) is 11.0. The van der Waals surface area contributed by atoms with E-state index in [0.29, 0.717) is 15.9 Å². The molecule has 0 amide bonds. The number of pyridine rings is 1. The third kappa shape index (κ3) is 2.44. The average molecular weight is 294 g/mol. The number of ketones is 1. The number of carbonyl (C=O) groups is 1. The van der Waals surface area contributed by atoms with Crippen molar-refractivity contribution in [2.24, 2.45) is 0 Å². The number of hydrogen-bond donors (Lipinski definition) is 0. The summed E-state index contributed by atoms with van der Waals surface area (Å²) in [7, 11) is 0. The van der Waals surface area contributed by atoms with Crippen molar-refractivity contribution in [2.45, 2.75) is 19.9 Å². The van der Waals surface area contributed by atoms with Crippen LogP contribution < -0.4 is 0 Å². The highest BCUT2D eigenvalue weighted by Crippen LogP contribution is 2.17. The Labute approximate surface area is 108 Å². The molecule has 0 fully saturated rings. The highest BCUT2D eigenvalue weighted by Gasteiger charge is 2.17. The van der Waals surface area contributed by atoms with Crippen molar-refractivity contribution in [3.8, 4) is 0 Å². The lowest BCUT2D eigenvalue weighted by Gasteiger charge is -2.05. The zero-order chi connectivity index (χ0) is 12.3. The monoisotopic (exact) mass is 293 g/mol. The van der Waals surface area contributed by atoms with Crippen LogP contribution in [0.2, 0.25) is 0 Å². The minimum absolute atomic E-state index is 0.108. The number of rotatable bonds is 4. The van der Waals surface area contributed by atoms with Crippen LogP contribution in [-0.2, 0) is 6.54 Å². The van der Waals surface area contributed by atoms with Crippen molar-refractivity contribution < 1.29 is 4.79 Å². The molecular formula is C12H12BrN3O. The molecule has 0 N–H and O–H groups in total. The number of aryl methyl sites for hydroxylation is 1. The maximum Gasteiger partial charge on any atom is 0.230 e. The summed E-state index contributed by atoms with van der Waals surface area (Å²) in [6.07, 6.45) is 4.18. The predicted molar refractivity (Wildman–Crippen MR) is 67.9 cm³/mol. The van der Waals surface area contributed by atoms with Gasteiger partial charge >= 0.3 is 0 Å². The van der Waals surface area contributed by atoms with Gasteiger partial charge in [0.05, 0.1) is 0 Å². The van der Waals surface area contributed by atoms with Gasteiger partial charge in [0.2, 0.25) is 5.78 Å². The summed E-state index contributed by atoms with van der Waals surface area (Å²) in [5, 5.41) is 4.13. The van der Waals surface area contributed by atoms with Gasteiger partial charge in [0, 0.05) is 23.4 Å². The van der Waals surface area contributed by atoms with E-state index in [1.807, 2.05) is 6.92 Å². The van der Waals surface area contributed by atoms with Gasteiger partial charge in [-0.3, -0.25) is 14.5 Å². The highest BCUT2D eigenvalue weighted by molar-refractivity contribution is 9.10. The molecule has 0 aliphatic carbocycles. The Hall–Kier alpha value is -1.49. The van der Waals surface area contributed by atoms with Crippen molar-refractivity contribution in [1.29, 1.82) is 0 Å². The fourth-order valence-electron chi connectivity index (χ4n) is 1.59. The highest BCUT2D eigenvalue weighted by atomic mass is 79.9. The first-order chi connectivity index (χ1) is 8.24. The molecule has 4 nitrogen and oxygen atoms in total. The van der Waals surface area contributed by atoms with E-state index in [9.17, 15) is 4.79 Å². The van der Waals surface area contributed by atoms with Gasteiger partial charge in [-0.2, -0.15) is 5.10 Å². The summed E-state index contributed by atoms with van der Waals surface area (Å²) in [5.41, 5.74) is 0.997. The lowest BCUT2D eigenvalue weighted by atomic mass is 10.2. The SMILES string of the molecule is CCCn1nccc1C(=O)c1ncccc1Br. The second-order valence-corrected chi connectivity index (χ2v) is 4.46. The average Bonchev–Trinajstić information content (AvgIpc) is 2.78. The van der Waals surface area contributed by atoms with Crippen LogP contribution in [0.25, 0.3) is 0 Å². The Bertz CT molecular complexity index is 536. The molecule has 0 unspecified atom stereocenters. The number of carbonyl (C=O) groups excluding carboxylic acids is 1. The first-order valence-corrected chi connectivity index (χ1v) is 6.20. The summed E-state index contributed by atoms with van der Waals surface area (Å²) >= 11 is 3.33. The van der Waals surface area contributed by atoms with Crippen molar-refractivity contribution in [2.75, 3.05) is 0 Å². The van der Waals surface area contributed by atoms with Crippen LogP contribution in [-0.4, -0.2) is 20.5 Å². The molecule has 2 aromatic rings. The molecule has 2 heterocycles. The van der Waals surface area contributed by atoms with E-state index < -0.39 is 0 Å². The van der Waals surface area contributed by atoms with E-state index in [0.717, 1.165) is 13.0 Å². The summed E-state index contributed by atoms with van der Waals surface area (Å²) in [5.74, 6) is -0.108. The van der Waals surface area contributed by atoms with Crippen molar-refractivity contribution in [3.05, 3.63) is 46.5 Å². The quantitative estimate of drug-likeness (QED) is 0.815. The van der Waals surface area contributed by atoms with Crippen LogP contribution in [0.15, 0.2) is 35.1 Å². The Kier molecular flexibility index (Phi) is 3.68. The van der Waals surface area contributed by atoms with Gasteiger partial charge in [-0.1, -0.05) is 6.92 Å². The number of aromatic nitrogens is 3. The van der Waals surface area contributed by atoms with Gasteiger partial charge in [-0.25, -0.2) is 0 Å². The van der Waals surface area contributed by atoms with E-state index >= 15 is 0 Å². The van der Waals surface area contributed by atoms with Gasteiger partial charge in [-0.05, 0) is 40.5 Å². The van der Waals surface area contributed by atoms with E-state index in [1.54, 1.807) is 35.3 Å². The lowest BCUT2D eigenvalue weighted by Crippen LogP contribution is -2.13. The molecule has 2 rings (SSSR count). The van der Waals surface area contributed by atoms with E-state index in [4.69, 9.17) is 0 Å². The molecule has 0 saturated carbocycles. The normalized spacial score (nSPS) is 10.5. The summed E-state index contributed by atoms with van der Waals surface area (Å²) in [6.45, 7) is 2.78. The maximum atomic E-state index is 12.3. The third-order valence-electron chi connectivity index (χ3n) is 2.36. The zero-order valence-electron chi connectivity index (χ0n) is 9.43. The third-order valence-corrected chi connectivity index (χ3v) is 3.00. The molecule has 0 aromatic carbocycles. The fraction of sp³-hybridized carbons (Fsp3) is 0.250. The molecule has 17 heavy (non-hydrogen) atoms. The van der Waals surface area contributed by atoms with E-state index in [2.05, 4.69) is 26.0 Å². The number of hydrogen-bond acceptors (Lipinski definition) is 3. The molecule has 0 bridgehead atoms. The summed E-state index contributed by atoms with van der Waals surface area (Å²) in [6, 6.07) is 5.31. The second kappa shape index (κ2) is 5.23. The van der Waals surface area contributed by atoms with Gasteiger partial charge in [0.1, 0.15) is 11.4 Å². The van der Waals surface area contributed by atoms with Crippen LogP contribution in [0.1, 0.15) is 29.5 Å². The van der Waals surface area contributed by atoms with Crippen LogP contribution in [0.4, 0.5) is 0 Å². The second-order valence-electron chi connectivity index (χ2n) is 3.60. The van der Waals surface area contributed by atoms with E-state index in [-0.39, 0.29) is 5.78 Å². The first kappa shape index (κ1) is 12.0. The smallest absolute Gasteiger partial charge is 0.230 e. The molecule has 0 radical (unpaired) electrons. The molecule has 0 saturated heterocycles. The maximum absolute atomic E-state index is 12.3.